The average Bonchev–Trinajstić information content (AvgIpc) is 3.19. The van der Waals surface area contributed by atoms with Gasteiger partial charge >= 0.3 is 6.03 Å². The van der Waals surface area contributed by atoms with Crippen molar-refractivity contribution in [1.29, 1.82) is 0 Å². The smallest absolute Gasteiger partial charge is 0.315 e. The molecule has 0 saturated carbocycles. The van der Waals surface area contributed by atoms with Gasteiger partial charge in [-0.2, -0.15) is 0 Å². The number of carbonyl (C=O) groups excluding carboxylic acids is 1. The molecule has 3 rings (SSSR count). The van der Waals surface area contributed by atoms with Gasteiger partial charge in [0, 0.05) is 13.1 Å². The van der Waals surface area contributed by atoms with Gasteiger partial charge in [-0.15, -0.1) is 0 Å². The van der Waals surface area contributed by atoms with Crippen LogP contribution < -0.4 is 34.3 Å². The lowest BCUT2D eigenvalue weighted by Gasteiger charge is -2.14. The summed E-state index contributed by atoms with van der Waals surface area (Å²) in [5.74, 6) is 3.14. The molecule has 28 heavy (non-hydrogen) atoms. The van der Waals surface area contributed by atoms with Crippen molar-refractivity contribution in [3.8, 4) is 28.7 Å². The molecule has 0 fully saturated rings. The molecule has 2 aromatic carbocycles. The molecule has 8 nitrogen and oxygen atoms in total. The molecule has 2 N–H and O–H groups in total. The average molecular weight is 388 g/mol. The van der Waals surface area contributed by atoms with Crippen molar-refractivity contribution in [3.05, 3.63) is 41.5 Å². The first-order valence-corrected chi connectivity index (χ1v) is 8.83. The standard InChI is InChI=1S/C20H24N2O6/c1-24-17-8-13(9-18(25-2)19(17)26-3)6-7-21-20(23)22-11-14-4-5-15-16(10-14)28-12-27-15/h4-5,8-10H,6-7,11-12H2,1-3H3,(H2,21,22,23). The van der Waals surface area contributed by atoms with Gasteiger partial charge in [-0.1, -0.05) is 6.07 Å². The second-order valence-corrected chi connectivity index (χ2v) is 6.08. The van der Waals surface area contributed by atoms with E-state index in [0.29, 0.717) is 42.5 Å². The van der Waals surface area contributed by atoms with Crippen LogP contribution in [0.1, 0.15) is 11.1 Å². The number of carbonyl (C=O) groups is 1. The Morgan fingerprint density at radius 3 is 2.32 bits per heavy atom. The summed E-state index contributed by atoms with van der Waals surface area (Å²) in [6.07, 6.45) is 0.619. The molecule has 0 saturated heterocycles. The SMILES string of the molecule is COc1cc(CCNC(=O)NCc2ccc3c(c2)OCO3)cc(OC)c1OC. The summed E-state index contributed by atoms with van der Waals surface area (Å²) in [6, 6.07) is 9.08. The summed E-state index contributed by atoms with van der Waals surface area (Å²) >= 11 is 0. The quantitative estimate of drug-likeness (QED) is 0.723. The van der Waals surface area contributed by atoms with Gasteiger partial charge in [-0.25, -0.2) is 4.79 Å². The van der Waals surface area contributed by atoms with Crippen LogP contribution in [0.3, 0.4) is 0 Å². The molecule has 0 bridgehead atoms. The van der Waals surface area contributed by atoms with Crippen molar-refractivity contribution >= 4 is 6.03 Å². The number of nitrogens with one attached hydrogen (secondary N) is 2. The normalized spacial score (nSPS) is 11.7. The molecular formula is C20H24N2O6. The fourth-order valence-electron chi connectivity index (χ4n) is 2.90. The highest BCUT2D eigenvalue weighted by atomic mass is 16.7. The van der Waals surface area contributed by atoms with E-state index in [1.54, 1.807) is 21.3 Å². The maximum absolute atomic E-state index is 12.0. The van der Waals surface area contributed by atoms with Crippen LogP contribution in [-0.4, -0.2) is 40.7 Å². The summed E-state index contributed by atoms with van der Waals surface area (Å²) in [6.45, 7) is 1.09. The molecule has 1 heterocycles. The van der Waals surface area contributed by atoms with E-state index >= 15 is 0 Å². The Kier molecular flexibility index (Phi) is 6.31. The summed E-state index contributed by atoms with van der Waals surface area (Å²) in [4.78, 5) is 12.0. The van der Waals surface area contributed by atoms with E-state index in [1.165, 1.54) is 0 Å². The van der Waals surface area contributed by atoms with E-state index in [0.717, 1.165) is 16.9 Å². The van der Waals surface area contributed by atoms with Crippen LogP contribution in [0.5, 0.6) is 28.7 Å². The van der Waals surface area contributed by atoms with E-state index in [4.69, 9.17) is 23.7 Å². The largest absolute Gasteiger partial charge is 0.493 e. The molecule has 1 aliphatic rings. The molecule has 0 radical (unpaired) electrons. The Morgan fingerprint density at radius 2 is 1.64 bits per heavy atom. The van der Waals surface area contributed by atoms with Crippen LogP contribution in [0, 0.1) is 0 Å². The molecule has 8 heteroatoms. The topological polar surface area (TPSA) is 87.3 Å². The molecule has 0 atom stereocenters. The summed E-state index contributed by atoms with van der Waals surface area (Å²) < 4.78 is 26.6. The third-order valence-electron chi connectivity index (χ3n) is 4.31. The van der Waals surface area contributed by atoms with E-state index in [2.05, 4.69) is 10.6 Å². The van der Waals surface area contributed by atoms with Crippen LogP contribution in [0.15, 0.2) is 30.3 Å². The second-order valence-electron chi connectivity index (χ2n) is 6.08. The van der Waals surface area contributed by atoms with E-state index < -0.39 is 0 Å². The maximum atomic E-state index is 12.0. The minimum atomic E-state index is -0.245. The van der Waals surface area contributed by atoms with E-state index in [9.17, 15) is 4.79 Å². The van der Waals surface area contributed by atoms with Gasteiger partial charge in [0.05, 0.1) is 21.3 Å². The first kappa shape index (κ1) is 19.5. The first-order valence-electron chi connectivity index (χ1n) is 8.83. The molecule has 2 amide bonds. The van der Waals surface area contributed by atoms with Crippen LogP contribution >= 0.6 is 0 Å². The number of methoxy groups -OCH3 is 3. The van der Waals surface area contributed by atoms with Gasteiger partial charge in [0.25, 0.3) is 0 Å². The zero-order chi connectivity index (χ0) is 19.9. The fraction of sp³-hybridized carbons (Fsp3) is 0.350. The Morgan fingerprint density at radius 1 is 0.929 bits per heavy atom. The molecule has 0 aliphatic carbocycles. The molecule has 0 unspecified atom stereocenters. The van der Waals surface area contributed by atoms with Crippen molar-refractivity contribution in [1.82, 2.24) is 10.6 Å². The van der Waals surface area contributed by atoms with Crippen molar-refractivity contribution < 1.29 is 28.5 Å². The lowest BCUT2D eigenvalue weighted by Crippen LogP contribution is -2.36. The van der Waals surface area contributed by atoms with Gasteiger partial charge in [-0.3, -0.25) is 0 Å². The number of ether oxygens (including phenoxy) is 5. The number of fused-ring (bicyclic) bond motifs is 1. The number of amides is 2. The molecule has 0 aromatic heterocycles. The molecule has 1 aliphatic heterocycles. The molecule has 2 aromatic rings. The Balaban J connectivity index is 1.48. The number of rotatable bonds is 8. The van der Waals surface area contributed by atoms with Crippen LogP contribution in [0.2, 0.25) is 0 Å². The molecule has 0 spiro atoms. The number of hydrogen-bond donors (Lipinski definition) is 2. The lowest BCUT2D eigenvalue weighted by atomic mass is 10.1. The monoisotopic (exact) mass is 388 g/mol. The summed E-state index contributed by atoms with van der Waals surface area (Å²) in [5.41, 5.74) is 1.90. The molecule has 150 valence electrons. The van der Waals surface area contributed by atoms with Gasteiger partial charge in [0.15, 0.2) is 23.0 Å². The molecular weight excluding hydrogens is 364 g/mol. The third-order valence-corrected chi connectivity index (χ3v) is 4.31. The first-order chi connectivity index (χ1) is 13.6. The predicted octanol–water partition coefficient (Wildman–Crippen LogP) is 2.48. The highest BCUT2D eigenvalue weighted by Crippen LogP contribution is 2.38. The lowest BCUT2D eigenvalue weighted by molar-refractivity contribution is 0.174. The van der Waals surface area contributed by atoms with Gasteiger partial charge < -0.3 is 34.3 Å². The van der Waals surface area contributed by atoms with Gasteiger partial charge in [0.2, 0.25) is 12.5 Å². The van der Waals surface area contributed by atoms with Crippen LogP contribution in [0.4, 0.5) is 4.79 Å². The minimum absolute atomic E-state index is 0.230. The third kappa shape index (κ3) is 4.51. The maximum Gasteiger partial charge on any atom is 0.315 e. The minimum Gasteiger partial charge on any atom is -0.493 e. The van der Waals surface area contributed by atoms with E-state index in [-0.39, 0.29) is 12.8 Å². The van der Waals surface area contributed by atoms with Crippen molar-refractivity contribution in [2.24, 2.45) is 0 Å². The van der Waals surface area contributed by atoms with Crippen molar-refractivity contribution in [3.63, 3.8) is 0 Å². The van der Waals surface area contributed by atoms with Crippen LogP contribution in [0.25, 0.3) is 0 Å². The Hall–Kier alpha value is -3.29. The van der Waals surface area contributed by atoms with Crippen molar-refractivity contribution in [2.75, 3.05) is 34.7 Å². The summed E-state index contributed by atoms with van der Waals surface area (Å²) in [7, 11) is 4.71. The zero-order valence-electron chi connectivity index (χ0n) is 16.2. The number of benzene rings is 2. The number of urea groups is 1. The van der Waals surface area contributed by atoms with Crippen LogP contribution in [-0.2, 0) is 13.0 Å². The number of hydrogen-bond acceptors (Lipinski definition) is 6. The zero-order valence-corrected chi connectivity index (χ0v) is 16.2. The predicted molar refractivity (Wildman–Crippen MR) is 103 cm³/mol. The Labute approximate surface area is 163 Å². The van der Waals surface area contributed by atoms with Gasteiger partial charge in [-0.05, 0) is 41.8 Å². The highest BCUT2D eigenvalue weighted by Gasteiger charge is 2.14. The van der Waals surface area contributed by atoms with E-state index in [1.807, 2.05) is 30.3 Å². The summed E-state index contributed by atoms with van der Waals surface area (Å²) in [5, 5.41) is 5.66. The van der Waals surface area contributed by atoms with Gasteiger partial charge in [0.1, 0.15) is 0 Å². The fourth-order valence-corrected chi connectivity index (χ4v) is 2.90. The van der Waals surface area contributed by atoms with Crippen molar-refractivity contribution in [2.45, 2.75) is 13.0 Å². The highest BCUT2D eigenvalue weighted by molar-refractivity contribution is 5.73. The Bertz CT molecular complexity index is 814. The second kappa shape index (κ2) is 9.07.